The van der Waals surface area contributed by atoms with E-state index in [1.807, 2.05) is 77.1 Å². The molecule has 0 spiro atoms. The number of hydrogen-bond acceptors (Lipinski definition) is 4. The molecule has 0 heterocycles. The summed E-state index contributed by atoms with van der Waals surface area (Å²) in [4.78, 5) is 43.2. The fourth-order valence-corrected chi connectivity index (χ4v) is 4.84. The van der Waals surface area contributed by atoms with Gasteiger partial charge in [0.2, 0.25) is 5.91 Å². The van der Waals surface area contributed by atoms with Crippen LogP contribution in [0.3, 0.4) is 0 Å². The average Bonchev–Trinajstić information content (AvgIpc) is 2.86. The monoisotopic (exact) mass is 565 g/mol. The second-order valence-electron chi connectivity index (χ2n) is 12.5. The number of rotatable bonds is 13. The van der Waals surface area contributed by atoms with E-state index in [2.05, 4.69) is 17.6 Å². The lowest BCUT2D eigenvalue weighted by molar-refractivity contribution is -0.141. The quantitative estimate of drug-likeness (QED) is 0.244. The standard InChI is InChI=1S/C34H51N3O4/c1-10-11-12-15-20-37(32(39)29(21-23(2)3)36-33(40)41-34(7,8)9)30(27-22-24(4)18-19-25(27)5)31(38)35-28-17-14-13-16-26(28)6/h13-14,16-19,22-23,29-30H,10-12,15,20-21H2,1-9H3,(H,35,38)(H,36,40). The molecule has 2 atom stereocenters. The number of alkyl carbamates (subject to hydrolysis) is 1. The Kier molecular flexibility index (Phi) is 12.9. The van der Waals surface area contributed by atoms with Crippen LogP contribution < -0.4 is 10.6 Å². The lowest BCUT2D eigenvalue weighted by atomic mass is 9.94. The van der Waals surface area contributed by atoms with Gasteiger partial charge in [0.25, 0.3) is 5.91 Å². The Morgan fingerprint density at radius 1 is 0.927 bits per heavy atom. The van der Waals surface area contributed by atoms with Gasteiger partial charge in [-0.3, -0.25) is 9.59 Å². The number of amides is 3. The van der Waals surface area contributed by atoms with Gasteiger partial charge in [-0.1, -0.05) is 82.0 Å². The Bertz CT molecular complexity index is 1170. The number of nitrogens with zero attached hydrogens (tertiary/aromatic N) is 1. The maximum atomic E-state index is 14.5. The van der Waals surface area contributed by atoms with E-state index in [0.717, 1.165) is 47.9 Å². The van der Waals surface area contributed by atoms with Crippen molar-refractivity contribution in [2.75, 3.05) is 11.9 Å². The largest absolute Gasteiger partial charge is 0.444 e. The van der Waals surface area contributed by atoms with E-state index in [0.29, 0.717) is 18.7 Å². The number of aryl methyl sites for hydroxylation is 3. The molecule has 0 aliphatic heterocycles. The van der Waals surface area contributed by atoms with E-state index in [9.17, 15) is 14.4 Å². The lowest BCUT2D eigenvalue weighted by Gasteiger charge is -2.36. The fraction of sp³-hybridized carbons (Fsp3) is 0.559. The highest BCUT2D eigenvalue weighted by Crippen LogP contribution is 2.30. The van der Waals surface area contributed by atoms with Crippen molar-refractivity contribution in [3.63, 3.8) is 0 Å². The van der Waals surface area contributed by atoms with Crippen LogP contribution in [-0.2, 0) is 14.3 Å². The highest BCUT2D eigenvalue weighted by atomic mass is 16.6. The van der Waals surface area contributed by atoms with Crippen molar-refractivity contribution >= 4 is 23.6 Å². The third-order valence-electron chi connectivity index (χ3n) is 6.92. The molecule has 2 rings (SSSR count). The van der Waals surface area contributed by atoms with E-state index >= 15 is 0 Å². The van der Waals surface area contributed by atoms with Crippen LogP contribution in [-0.4, -0.2) is 41.0 Å². The summed E-state index contributed by atoms with van der Waals surface area (Å²) in [5, 5.41) is 5.93. The van der Waals surface area contributed by atoms with Gasteiger partial charge in [0.15, 0.2) is 0 Å². The molecule has 0 saturated heterocycles. The zero-order chi connectivity index (χ0) is 30.7. The normalized spacial score (nSPS) is 12.9. The minimum atomic E-state index is -0.876. The zero-order valence-corrected chi connectivity index (χ0v) is 26.6. The molecule has 2 unspecified atom stereocenters. The molecule has 0 aromatic heterocycles. The van der Waals surface area contributed by atoms with Crippen molar-refractivity contribution in [3.05, 3.63) is 64.7 Å². The van der Waals surface area contributed by atoms with Crippen LogP contribution in [0.4, 0.5) is 10.5 Å². The third-order valence-corrected chi connectivity index (χ3v) is 6.92. The molecular weight excluding hydrogens is 514 g/mol. The van der Waals surface area contributed by atoms with E-state index in [-0.39, 0.29) is 17.7 Å². The number of carbonyl (C=O) groups excluding carboxylic acids is 3. The van der Waals surface area contributed by atoms with Gasteiger partial charge in [-0.15, -0.1) is 0 Å². The Hall–Kier alpha value is -3.35. The van der Waals surface area contributed by atoms with Gasteiger partial charge < -0.3 is 20.3 Å². The van der Waals surface area contributed by atoms with Crippen LogP contribution >= 0.6 is 0 Å². The van der Waals surface area contributed by atoms with Crippen LogP contribution in [0.2, 0.25) is 0 Å². The number of nitrogens with one attached hydrogen (secondary N) is 2. The molecule has 3 amide bonds. The highest BCUT2D eigenvalue weighted by molar-refractivity contribution is 5.99. The maximum absolute atomic E-state index is 14.5. The van der Waals surface area contributed by atoms with Crippen molar-refractivity contribution in [1.82, 2.24) is 10.2 Å². The first kappa shape index (κ1) is 33.9. The van der Waals surface area contributed by atoms with Crippen LogP contribution in [0.15, 0.2) is 42.5 Å². The predicted octanol–water partition coefficient (Wildman–Crippen LogP) is 7.64. The first-order valence-corrected chi connectivity index (χ1v) is 15.0. The van der Waals surface area contributed by atoms with Crippen molar-refractivity contribution in [2.24, 2.45) is 5.92 Å². The molecule has 41 heavy (non-hydrogen) atoms. The second kappa shape index (κ2) is 15.6. The van der Waals surface area contributed by atoms with Crippen LogP contribution in [0.5, 0.6) is 0 Å². The number of hydrogen-bond donors (Lipinski definition) is 2. The molecule has 7 heteroatoms. The number of benzene rings is 2. The summed E-state index contributed by atoms with van der Waals surface area (Å²) in [6, 6.07) is 11.9. The van der Waals surface area contributed by atoms with Gasteiger partial charge in [-0.25, -0.2) is 4.79 Å². The Labute approximate surface area is 247 Å². The van der Waals surface area contributed by atoms with E-state index in [4.69, 9.17) is 4.74 Å². The van der Waals surface area contributed by atoms with E-state index < -0.39 is 23.8 Å². The number of unbranched alkanes of at least 4 members (excludes halogenated alkanes) is 3. The average molecular weight is 566 g/mol. The Morgan fingerprint density at radius 3 is 2.22 bits per heavy atom. The summed E-state index contributed by atoms with van der Waals surface area (Å²) in [5.41, 5.74) is 3.64. The van der Waals surface area contributed by atoms with Crippen LogP contribution in [0.1, 0.15) is 102 Å². The zero-order valence-electron chi connectivity index (χ0n) is 26.6. The van der Waals surface area contributed by atoms with Crippen LogP contribution in [0, 0.1) is 26.7 Å². The molecule has 0 bridgehead atoms. The van der Waals surface area contributed by atoms with E-state index in [1.54, 1.807) is 25.7 Å². The van der Waals surface area contributed by atoms with Gasteiger partial charge in [-0.05, 0) is 83.1 Å². The first-order valence-electron chi connectivity index (χ1n) is 15.0. The van der Waals surface area contributed by atoms with Crippen molar-refractivity contribution < 1.29 is 19.1 Å². The molecule has 0 saturated carbocycles. The van der Waals surface area contributed by atoms with Crippen molar-refractivity contribution in [1.29, 1.82) is 0 Å². The Morgan fingerprint density at radius 2 is 1.61 bits per heavy atom. The van der Waals surface area contributed by atoms with Gasteiger partial charge in [0, 0.05) is 12.2 Å². The minimum Gasteiger partial charge on any atom is -0.444 e. The molecule has 2 aromatic carbocycles. The predicted molar refractivity (Wildman–Crippen MR) is 167 cm³/mol. The molecule has 2 aromatic rings. The fourth-order valence-electron chi connectivity index (χ4n) is 4.84. The molecule has 7 nitrogen and oxygen atoms in total. The van der Waals surface area contributed by atoms with Crippen LogP contribution in [0.25, 0.3) is 0 Å². The summed E-state index contributed by atoms with van der Waals surface area (Å²) >= 11 is 0. The molecule has 0 aliphatic rings. The Balaban J connectivity index is 2.61. The summed E-state index contributed by atoms with van der Waals surface area (Å²) in [7, 11) is 0. The summed E-state index contributed by atoms with van der Waals surface area (Å²) in [6.45, 7) is 17.8. The van der Waals surface area contributed by atoms with Gasteiger partial charge in [-0.2, -0.15) is 0 Å². The molecule has 226 valence electrons. The van der Waals surface area contributed by atoms with Gasteiger partial charge in [0.1, 0.15) is 17.7 Å². The van der Waals surface area contributed by atoms with E-state index in [1.165, 1.54) is 0 Å². The maximum Gasteiger partial charge on any atom is 0.408 e. The summed E-state index contributed by atoms with van der Waals surface area (Å²) in [5.74, 6) is -0.440. The third kappa shape index (κ3) is 10.9. The number of para-hydroxylation sites is 1. The van der Waals surface area contributed by atoms with Crippen molar-refractivity contribution in [2.45, 2.75) is 112 Å². The van der Waals surface area contributed by atoms with Gasteiger partial charge >= 0.3 is 6.09 Å². The second-order valence-corrected chi connectivity index (χ2v) is 12.5. The highest BCUT2D eigenvalue weighted by Gasteiger charge is 2.37. The smallest absolute Gasteiger partial charge is 0.408 e. The molecule has 0 aliphatic carbocycles. The number of carbonyl (C=O) groups is 3. The molecule has 2 N–H and O–H groups in total. The summed E-state index contributed by atoms with van der Waals surface area (Å²) < 4.78 is 5.51. The van der Waals surface area contributed by atoms with Gasteiger partial charge in [0.05, 0.1) is 0 Å². The summed E-state index contributed by atoms with van der Waals surface area (Å²) in [6.07, 6.45) is 3.56. The lowest BCUT2D eigenvalue weighted by Crippen LogP contribution is -2.53. The number of ether oxygens (including phenoxy) is 1. The molecule has 0 fully saturated rings. The molecular formula is C34H51N3O4. The van der Waals surface area contributed by atoms with Crippen molar-refractivity contribution in [3.8, 4) is 0 Å². The molecule has 0 radical (unpaired) electrons. The first-order chi connectivity index (χ1) is 19.2. The SMILES string of the molecule is CCCCCCN(C(=O)C(CC(C)C)NC(=O)OC(C)(C)C)C(C(=O)Nc1ccccc1C)c1cc(C)ccc1C. The number of anilines is 1. The minimum absolute atomic E-state index is 0.126. The topological polar surface area (TPSA) is 87.7 Å².